The van der Waals surface area contributed by atoms with E-state index in [4.69, 9.17) is 0 Å². The minimum atomic E-state index is 1.09. The lowest BCUT2D eigenvalue weighted by molar-refractivity contribution is 1.12. The van der Waals surface area contributed by atoms with Gasteiger partial charge in [0.25, 0.3) is 0 Å². The molecule has 0 N–H and O–H groups in total. The van der Waals surface area contributed by atoms with E-state index in [1.807, 2.05) is 0 Å². The van der Waals surface area contributed by atoms with E-state index in [1.54, 1.807) is 11.1 Å². The van der Waals surface area contributed by atoms with Gasteiger partial charge in [0.2, 0.25) is 0 Å². The number of benzene rings is 3. The molecule has 0 heteroatoms. The fraction of sp³-hybridized carbons (Fsp3) is 0.462. The molecule has 0 aliphatic rings. The van der Waals surface area contributed by atoms with E-state index >= 15 is 0 Å². The molecule has 0 atom stereocenters. The topological polar surface area (TPSA) is 0 Å². The SMILES string of the molecule is CCc1c2c(C)c(C)c(C)c(C)c2c(CC)c2c(C)c(C)c(C)c(C)c12. The first-order chi connectivity index (χ1) is 12.2. The van der Waals surface area contributed by atoms with Crippen LogP contribution >= 0.6 is 0 Å². The Morgan fingerprint density at radius 3 is 0.692 bits per heavy atom. The summed E-state index contributed by atoms with van der Waals surface area (Å²) in [5.41, 5.74) is 14.9. The van der Waals surface area contributed by atoms with Gasteiger partial charge in [0.05, 0.1) is 0 Å². The highest BCUT2D eigenvalue weighted by molar-refractivity contribution is 6.11. The van der Waals surface area contributed by atoms with Crippen LogP contribution in [0.4, 0.5) is 0 Å². The number of fused-ring (bicyclic) bond motifs is 2. The van der Waals surface area contributed by atoms with Gasteiger partial charge in [-0.3, -0.25) is 0 Å². The van der Waals surface area contributed by atoms with Crippen LogP contribution in [0.25, 0.3) is 21.5 Å². The van der Waals surface area contributed by atoms with E-state index in [2.05, 4.69) is 69.2 Å². The lowest BCUT2D eigenvalue weighted by Gasteiger charge is -2.26. The van der Waals surface area contributed by atoms with Crippen LogP contribution in [0.15, 0.2) is 0 Å². The van der Waals surface area contributed by atoms with Crippen molar-refractivity contribution in [3.63, 3.8) is 0 Å². The molecule has 138 valence electrons. The molecule has 0 unspecified atom stereocenters. The lowest BCUT2D eigenvalue weighted by Crippen LogP contribution is -2.05. The zero-order valence-corrected chi connectivity index (χ0v) is 18.4. The van der Waals surface area contributed by atoms with Gasteiger partial charge in [-0.2, -0.15) is 0 Å². The van der Waals surface area contributed by atoms with E-state index in [0.717, 1.165) is 12.8 Å². The van der Waals surface area contributed by atoms with E-state index in [1.165, 1.54) is 66.1 Å². The smallest absolute Gasteiger partial charge is 0.0108 e. The van der Waals surface area contributed by atoms with Crippen molar-refractivity contribution in [1.29, 1.82) is 0 Å². The van der Waals surface area contributed by atoms with Gasteiger partial charge in [-0.15, -0.1) is 0 Å². The van der Waals surface area contributed by atoms with Crippen LogP contribution in [0.3, 0.4) is 0 Å². The van der Waals surface area contributed by atoms with Crippen molar-refractivity contribution in [3.8, 4) is 0 Å². The van der Waals surface area contributed by atoms with Crippen molar-refractivity contribution in [2.24, 2.45) is 0 Å². The number of aryl methyl sites for hydroxylation is 6. The molecule has 0 aromatic heterocycles. The molecule has 0 bridgehead atoms. The summed E-state index contributed by atoms with van der Waals surface area (Å²) < 4.78 is 0. The van der Waals surface area contributed by atoms with Crippen LogP contribution in [0.2, 0.25) is 0 Å². The Hall–Kier alpha value is -1.82. The van der Waals surface area contributed by atoms with Gasteiger partial charge in [0.1, 0.15) is 0 Å². The van der Waals surface area contributed by atoms with E-state index in [0.29, 0.717) is 0 Å². The zero-order valence-electron chi connectivity index (χ0n) is 18.4. The summed E-state index contributed by atoms with van der Waals surface area (Å²) in [6, 6.07) is 0. The van der Waals surface area contributed by atoms with Crippen LogP contribution in [0.1, 0.15) is 69.5 Å². The van der Waals surface area contributed by atoms with Crippen molar-refractivity contribution < 1.29 is 0 Å². The van der Waals surface area contributed by atoms with Crippen LogP contribution in [-0.4, -0.2) is 0 Å². The van der Waals surface area contributed by atoms with Crippen molar-refractivity contribution in [1.82, 2.24) is 0 Å². The third-order valence-electron chi connectivity index (χ3n) is 7.29. The second kappa shape index (κ2) is 6.41. The zero-order chi connectivity index (χ0) is 19.5. The number of rotatable bonds is 2. The summed E-state index contributed by atoms with van der Waals surface area (Å²) in [4.78, 5) is 0. The van der Waals surface area contributed by atoms with Gasteiger partial charge >= 0.3 is 0 Å². The molecule has 0 aliphatic carbocycles. The molecule has 3 aromatic rings. The Labute approximate surface area is 159 Å². The molecule has 3 aromatic carbocycles. The summed E-state index contributed by atoms with van der Waals surface area (Å²) in [5.74, 6) is 0. The Morgan fingerprint density at radius 1 is 0.346 bits per heavy atom. The van der Waals surface area contributed by atoms with Gasteiger partial charge < -0.3 is 0 Å². The average molecular weight is 347 g/mol. The molecular weight excluding hydrogens is 312 g/mol. The van der Waals surface area contributed by atoms with Gasteiger partial charge in [0, 0.05) is 0 Å². The van der Waals surface area contributed by atoms with E-state index in [-0.39, 0.29) is 0 Å². The molecule has 0 nitrogen and oxygen atoms in total. The Bertz CT molecular complexity index is 895. The summed E-state index contributed by atoms with van der Waals surface area (Å²) >= 11 is 0. The quantitative estimate of drug-likeness (QED) is 0.419. The fourth-order valence-corrected chi connectivity index (χ4v) is 5.09. The minimum absolute atomic E-state index is 1.09. The van der Waals surface area contributed by atoms with Crippen LogP contribution < -0.4 is 0 Å². The van der Waals surface area contributed by atoms with E-state index < -0.39 is 0 Å². The van der Waals surface area contributed by atoms with Gasteiger partial charge in [-0.25, -0.2) is 0 Å². The van der Waals surface area contributed by atoms with Gasteiger partial charge in [0.15, 0.2) is 0 Å². The maximum Gasteiger partial charge on any atom is -0.0108 e. The minimum Gasteiger partial charge on any atom is -0.0612 e. The third kappa shape index (κ3) is 2.27. The first kappa shape index (κ1) is 19.0. The average Bonchev–Trinajstić information content (AvgIpc) is 2.64. The molecule has 0 heterocycles. The Kier molecular flexibility index (Phi) is 4.67. The fourth-order valence-electron chi connectivity index (χ4n) is 5.09. The summed E-state index contributed by atoms with van der Waals surface area (Å²) in [7, 11) is 0. The monoisotopic (exact) mass is 346 g/mol. The highest BCUT2D eigenvalue weighted by Crippen LogP contribution is 2.43. The maximum atomic E-state index is 2.33. The van der Waals surface area contributed by atoms with E-state index in [9.17, 15) is 0 Å². The molecule has 0 aliphatic heterocycles. The van der Waals surface area contributed by atoms with Crippen molar-refractivity contribution >= 4 is 21.5 Å². The predicted octanol–water partition coefficient (Wildman–Crippen LogP) is 7.59. The van der Waals surface area contributed by atoms with Gasteiger partial charge in [-0.05, 0) is 145 Å². The number of hydrogen-bond donors (Lipinski definition) is 0. The Morgan fingerprint density at radius 2 is 0.538 bits per heavy atom. The van der Waals surface area contributed by atoms with Crippen LogP contribution in [0, 0.1) is 55.4 Å². The second-order valence-electron chi connectivity index (χ2n) is 8.16. The molecule has 0 saturated carbocycles. The first-order valence-corrected chi connectivity index (χ1v) is 10.1. The molecule has 0 fully saturated rings. The summed E-state index contributed by atoms with van der Waals surface area (Å²) in [5, 5.41) is 6.12. The highest BCUT2D eigenvalue weighted by atomic mass is 14.3. The maximum absolute atomic E-state index is 2.33. The number of hydrogen-bond acceptors (Lipinski definition) is 0. The molecule has 0 radical (unpaired) electrons. The lowest BCUT2D eigenvalue weighted by atomic mass is 9.78. The molecule has 3 rings (SSSR count). The molecule has 0 spiro atoms. The summed E-state index contributed by atoms with van der Waals surface area (Å²) in [6.07, 6.45) is 2.17. The summed E-state index contributed by atoms with van der Waals surface area (Å²) in [6.45, 7) is 23.2. The van der Waals surface area contributed by atoms with Gasteiger partial charge in [-0.1, -0.05) is 13.8 Å². The third-order valence-corrected chi connectivity index (χ3v) is 7.29. The van der Waals surface area contributed by atoms with Crippen molar-refractivity contribution in [2.45, 2.75) is 82.1 Å². The highest BCUT2D eigenvalue weighted by Gasteiger charge is 2.22. The molecular formula is C26H34. The largest absolute Gasteiger partial charge is 0.0612 e. The van der Waals surface area contributed by atoms with Crippen molar-refractivity contribution in [2.75, 3.05) is 0 Å². The normalized spacial score (nSPS) is 11.8. The predicted molar refractivity (Wildman–Crippen MR) is 118 cm³/mol. The van der Waals surface area contributed by atoms with Crippen LogP contribution in [0.5, 0.6) is 0 Å². The standard InChI is InChI=1S/C26H34/c1-11-21-23-17(7)13(3)15(5)19(9)25(23)22(12-2)26-20(10)16(6)14(4)18(8)24(21)26/h11-12H2,1-10H3. The second-order valence-corrected chi connectivity index (χ2v) is 8.16. The first-order valence-electron chi connectivity index (χ1n) is 10.1. The Balaban J connectivity index is 2.86. The molecule has 0 amide bonds. The molecule has 26 heavy (non-hydrogen) atoms. The van der Waals surface area contributed by atoms with Crippen LogP contribution in [-0.2, 0) is 12.8 Å². The van der Waals surface area contributed by atoms with Crippen molar-refractivity contribution in [3.05, 3.63) is 55.6 Å². The molecule has 0 saturated heterocycles.